The highest BCUT2D eigenvalue weighted by molar-refractivity contribution is 8.00. The summed E-state index contributed by atoms with van der Waals surface area (Å²) in [4.78, 5) is 31.0. The van der Waals surface area contributed by atoms with Crippen LogP contribution in [0.1, 0.15) is 41.4 Å². The van der Waals surface area contributed by atoms with Crippen LogP contribution in [0.2, 0.25) is 0 Å². The summed E-state index contributed by atoms with van der Waals surface area (Å²) in [7, 11) is 0. The third-order valence-corrected chi connectivity index (χ3v) is 6.70. The van der Waals surface area contributed by atoms with E-state index in [4.69, 9.17) is 4.74 Å². The zero-order valence-electron chi connectivity index (χ0n) is 15.6. The van der Waals surface area contributed by atoms with Crippen molar-refractivity contribution in [2.45, 2.75) is 36.8 Å². The number of esters is 1. The van der Waals surface area contributed by atoms with Crippen LogP contribution in [0.25, 0.3) is 0 Å². The Bertz CT molecular complexity index is 789. The molecule has 1 aromatic carbocycles. The van der Waals surface area contributed by atoms with Gasteiger partial charge in [0.25, 0.3) is 5.91 Å². The molecule has 1 fully saturated rings. The maximum absolute atomic E-state index is 12.8. The Labute approximate surface area is 168 Å². The quantitative estimate of drug-likeness (QED) is 0.534. The van der Waals surface area contributed by atoms with Crippen LogP contribution in [0, 0.1) is 12.8 Å². The highest BCUT2D eigenvalue weighted by Gasteiger charge is 2.29. The summed E-state index contributed by atoms with van der Waals surface area (Å²) in [5.41, 5.74) is 2.87. The molecule has 1 aliphatic rings. The zero-order chi connectivity index (χ0) is 19.2. The number of ether oxygens (including phenoxy) is 1. The predicted molar refractivity (Wildman–Crippen MR) is 108 cm³/mol. The van der Waals surface area contributed by atoms with Gasteiger partial charge in [0.1, 0.15) is 4.34 Å². The number of thioether (sulfide) groups is 1. The van der Waals surface area contributed by atoms with E-state index in [9.17, 15) is 9.59 Å². The van der Waals surface area contributed by atoms with Gasteiger partial charge in [-0.05, 0) is 44.4 Å². The number of hydrogen-bond donors (Lipinski definition) is 0. The lowest BCUT2D eigenvalue weighted by atomic mass is 9.97. The molecule has 1 aromatic heterocycles. The van der Waals surface area contributed by atoms with Crippen LogP contribution in [-0.4, -0.2) is 41.5 Å². The van der Waals surface area contributed by atoms with Crippen LogP contribution in [0.5, 0.6) is 0 Å². The van der Waals surface area contributed by atoms with Crippen LogP contribution in [0.3, 0.4) is 0 Å². The number of hydrogen-bond acceptors (Lipinski definition) is 6. The predicted octanol–water partition coefficient (Wildman–Crippen LogP) is 4.16. The number of benzene rings is 1. The van der Waals surface area contributed by atoms with Crippen molar-refractivity contribution in [3.63, 3.8) is 0 Å². The number of carbonyl (C=O) groups is 2. The standard InChI is InChI=1S/C20H24N2O3S2/c1-3-25-19(24)17-5-4-10-22(11-17)18(23)16-8-6-15(7-9-16)13-27-20-21-14(2)12-26-20/h6-9,12,17H,3-5,10-11,13H2,1-2H3. The van der Waals surface area contributed by atoms with E-state index in [2.05, 4.69) is 4.98 Å². The van der Waals surface area contributed by atoms with E-state index in [1.807, 2.05) is 36.6 Å². The molecule has 0 saturated carbocycles. The first-order chi connectivity index (χ1) is 13.1. The molecule has 2 aromatic rings. The fourth-order valence-corrected chi connectivity index (χ4v) is 4.89. The molecule has 0 aliphatic carbocycles. The summed E-state index contributed by atoms with van der Waals surface area (Å²) < 4.78 is 6.17. The topological polar surface area (TPSA) is 59.5 Å². The van der Waals surface area contributed by atoms with Gasteiger partial charge >= 0.3 is 5.97 Å². The molecule has 3 rings (SSSR count). The van der Waals surface area contributed by atoms with Crippen molar-refractivity contribution in [2.24, 2.45) is 5.92 Å². The number of rotatable bonds is 6. The van der Waals surface area contributed by atoms with Crippen LogP contribution < -0.4 is 0 Å². The summed E-state index contributed by atoms with van der Waals surface area (Å²) in [5.74, 6) is 0.411. The number of likely N-dealkylation sites (tertiary alicyclic amines) is 1. The molecule has 0 radical (unpaired) electrons. The first-order valence-electron chi connectivity index (χ1n) is 9.16. The van der Waals surface area contributed by atoms with Crippen LogP contribution in [0.15, 0.2) is 34.0 Å². The molecular formula is C20H24N2O3S2. The minimum Gasteiger partial charge on any atom is -0.466 e. The number of amides is 1. The van der Waals surface area contributed by atoms with E-state index in [0.29, 0.717) is 25.3 Å². The van der Waals surface area contributed by atoms with Gasteiger partial charge in [-0.25, -0.2) is 4.98 Å². The van der Waals surface area contributed by atoms with E-state index in [-0.39, 0.29) is 17.8 Å². The summed E-state index contributed by atoms with van der Waals surface area (Å²) in [6, 6.07) is 7.74. The van der Waals surface area contributed by atoms with Gasteiger partial charge < -0.3 is 9.64 Å². The highest BCUT2D eigenvalue weighted by atomic mass is 32.2. The van der Waals surface area contributed by atoms with Crippen molar-refractivity contribution in [1.29, 1.82) is 0 Å². The van der Waals surface area contributed by atoms with Crippen molar-refractivity contribution in [3.05, 3.63) is 46.5 Å². The van der Waals surface area contributed by atoms with Gasteiger partial charge in [0.2, 0.25) is 0 Å². The molecule has 1 aliphatic heterocycles. The molecule has 1 atom stereocenters. The fourth-order valence-electron chi connectivity index (χ4n) is 3.08. The maximum Gasteiger partial charge on any atom is 0.310 e. The van der Waals surface area contributed by atoms with E-state index in [1.54, 1.807) is 34.9 Å². The van der Waals surface area contributed by atoms with Crippen LogP contribution in [0.4, 0.5) is 0 Å². The van der Waals surface area contributed by atoms with Crippen molar-refractivity contribution >= 4 is 35.0 Å². The number of aryl methyl sites for hydroxylation is 1. The SMILES string of the molecule is CCOC(=O)C1CCCN(C(=O)c2ccc(CSc3nc(C)cs3)cc2)C1. The zero-order valence-corrected chi connectivity index (χ0v) is 17.3. The first kappa shape index (κ1) is 19.9. The minimum atomic E-state index is -0.208. The molecule has 1 amide bonds. The largest absolute Gasteiger partial charge is 0.466 e. The molecular weight excluding hydrogens is 380 g/mol. The van der Waals surface area contributed by atoms with Gasteiger partial charge in [-0.3, -0.25) is 9.59 Å². The smallest absolute Gasteiger partial charge is 0.310 e. The van der Waals surface area contributed by atoms with E-state index >= 15 is 0 Å². The molecule has 0 N–H and O–H groups in total. The van der Waals surface area contributed by atoms with Gasteiger partial charge in [0.05, 0.1) is 12.5 Å². The van der Waals surface area contributed by atoms with Crippen molar-refractivity contribution in [2.75, 3.05) is 19.7 Å². The molecule has 5 nitrogen and oxygen atoms in total. The lowest BCUT2D eigenvalue weighted by Crippen LogP contribution is -2.42. The molecule has 27 heavy (non-hydrogen) atoms. The third-order valence-electron chi connectivity index (χ3n) is 4.49. The molecule has 144 valence electrons. The third kappa shape index (κ3) is 5.32. The second-order valence-electron chi connectivity index (χ2n) is 6.58. The van der Waals surface area contributed by atoms with E-state index < -0.39 is 0 Å². The fraction of sp³-hybridized carbons (Fsp3) is 0.450. The van der Waals surface area contributed by atoms with E-state index in [0.717, 1.165) is 34.2 Å². The summed E-state index contributed by atoms with van der Waals surface area (Å²) >= 11 is 3.36. The Morgan fingerprint density at radius 1 is 1.33 bits per heavy atom. The Morgan fingerprint density at radius 2 is 2.11 bits per heavy atom. The number of thiazole rings is 1. The maximum atomic E-state index is 12.8. The summed E-state index contributed by atoms with van der Waals surface area (Å²) in [6.45, 7) is 5.31. The summed E-state index contributed by atoms with van der Waals surface area (Å²) in [5, 5.41) is 2.05. The lowest BCUT2D eigenvalue weighted by molar-refractivity contribution is -0.149. The normalized spacial score (nSPS) is 17.0. The summed E-state index contributed by atoms with van der Waals surface area (Å²) in [6.07, 6.45) is 1.62. The van der Waals surface area contributed by atoms with Gasteiger partial charge in [-0.15, -0.1) is 11.3 Å². The number of piperidine rings is 1. The van der Waals surface area contributed by atoms with Crippen molar-refractivity contribution in [3.8, 4) is 0 Å². The lowest BCUT2D eigenvalue weighted by Gasteiger charge is -2.31. The van der Waals surface area contributed by atoms with Crippen LogP contribution in [-0.2, 0) is 15.3 Å². The molecule has 0 spiro atoms. The Kier molecular flexibility index (Phi) is 6.90. The molecule has 2 heterocycles. The molecule has 7 heteroatoms. The van der Waals surface area contributed by atoms with Crippen molar-refractivity contribution < 1.29 is 14.3 Å². The first-order valence-corrected chi connectivity index (χ1v) is 11.0. The minimum absolute atomic E-state index is 0.0150. The highest BCUT2D eigenvalue weighted by Crippen LogP contribution is 2.26. The van der Waals surface area contributed by atoms with Crippen molar-refractivity contribution in [1.82, 2.24) is 9.88 Å². The van der Waals surface area contributed by atoms with Gasteiger partial charge in [-0.1, -0.05) is 23.9 Å². The average molecular weight is 405 g/mol. The monoisotopic (exact) mass is 404 g/mol. The van der Waals surface area contributed by atoms with Gasteiger partial charge in [-0.2, -0.15) is 0 Å². The number of nitrogens with zero attached hydrogens (tertiary/aromatic N) is 2. The average Bonchev–Trinajstić information content (AvgIpc) is 3.12. The molecule has 0 bridgehead atoms. The second-order valence-corrected chi connectivity index (χ2v) is 8.66. The van der Waals surface area contributed by atoms with Gasteiger partial charge in [0, 0.05) is 35.5 Å². The Morgan fingerprint density at radius 3 is 2.78 bits per heavy atom. The number of aromatic nitrogens is 1. The Hall–Kier alpha value is -1.86. The number of carbonyl (C=O) groups excluding carboxylic acids is 2. The molecule has 1 unspecified atom stereocenters. The molecule has 1 saturated heterocycles. The van der Waals surface area contributed by atoms with Gasteiger partial charge in [0.15, 0.2) is 0 Å². The Balaban J connectivity index is 1.57. The second kappa shape index (κ2) is 9.37. The van der Waals surface area contributed by atoms with Crippen LogP contribution >= 0.6 is 23.1 Å². The van der Waals surface area contributed by atoms with E-state index in [1.165, 1.54) is 0 Å².